The molecule has 4 heteroatoms. The Morgan fingerprint density at radius 1 is 1.26 bits per heavy atom. The molecule has 0 aliphatic rings. The second kappa shape index (κ2) is 5.85. The summed E-state index contributed by atoms with van der Waals surface area (Å²) in [5.41, 5.74) is 1.89. The van der Waals surface area contributed by atoms with E-state index in [9.17, 15) is 9.18 Å². The molecule has 19 heavy (non-hydrogen) atoms. The van der Waals surface area contributed by atoms with Gasteiger partial charge < -0.3 is 5.32 Å². The highest BCUT2D eigenvalue weighted by Crippen LogP contribution is 2.14. The van der Waals surface area contributed by atoms with Crippen molar-refractivity contribution in [2.75, 3.05) is 0 Å². The van der Waals surface area contributed by atoms with Crippen molar-refractivity contribution in [1.29, 1.82) is 0 Å². The fraction of sp³-hybridized carbons (Fsp3) is 0.133. The minimum atomic E-state index is -0.419. The minimum Gasteiger partial charge on any atom is -0.348 e. The number of nitrogens with one attached hydrogen (secondary N) is 1. The standard InChI is InChI=1S/C15H13ClFNO/c1-10-4-2-3-5-13(10)15(19)18-9-11-6-7-12(16)8-14(11)17/h2-8H,9H2,1H3,(H,18,19). The molecule has 0 saturated heterocycles. The molecule has 0 atom stereocenters. The van der Waals surface area contributed by atoms with Gasteiger partial charge in [-0.1, -0.05) is 35.9 Å². The van der Waals surface area contributed by atoms with Gasteiger partial charge in [0.2, 0.25) is 0 Å². The summed E-state index contributed by atoms with van der Waals surface area (Å²) in [5, 5.41) is 3.03. The molecule has 0 heterocycles. The van der Waals surface area contributed by atoms with Gasteiger partial charge in [-0.3, -0.25) is 4.79 Å². The predicted molar refractivity (Wildman–Crippen MR) is 73.8 cm³/mol. The van der Waals surface area contributed by atoms with Gasteiger partial charge in [-0.15, -0.1) is 0 Å². The van der Waals surface area contributed by atoms with E-state index in [1.165, 1.54) is 6.07 Å². The van der Waals surface area contributed by atoms with E-state index < -0.39 is 5.82 Å². The van der Waals surface area contributed by atoms with Gasteiger partial charge in [-0.05, 0) is 30.7 Å². The normalized spacial score (nSPS) is 10.3. The predicted octanol–water partition coefficient (Wildman–Crippen LogP) is 3.72. The summed E-state index contributed by atoms with van der Waals surface area (Å²) in [6, 6.07) is 11.7. The molecule has 2 aromatic rings. The SMILES string of the molecule is Cc1ccccc1C(=O)NCc1ccc(Cl)cc1F. The minimum absolute atomic E-state index is 0.135. The highest BCUT2D eigenvalue weighted by atomic mass is 35.5. The van der Waals surface area contributed by atoms with Crippen LogP contribution in [0.5, 0.6) is 0 Å². The van der Waals surface area contributed by atoms with Crippen LogP contribution < -0.4 is 5.32 Å². The van der Waals surface area contributed by atoms with E-state index in [4.69, 9.17) is 11.6 Å². The Labute approximate surface area is 116 Å². The Hall–Kier alpha value is -1.87. The van der Waals surface area contributed by atoms with E-state index in [2.05, 4.69) is 5.32 Å². The van der Waals surface area contributed by atoms with Crippen LogP contribution in [-0.4, -0.2) is 5.91 Å². The van der Waals surface area contributed by atoms with Gasteiger partial charge in [-0.2, -0.15) is 0 Å². The van der Waals surface area contributed by atoms with E-state index in [-0.39, 0.29) is 12.5 Å². The van der Waals surface area contributed by atoms with Crippen molar-refractivity contribution >= 4 is 17.5 Å². The summed E-state index contributed by atoms with van der Waals surface area (Å²) < 4.78 is 13.5. The van der Waals surface area contributed by atoms with Gasteiger partial charge in [0.15, 0.2) is 0 Å². The average molecular weight is 278 g/mol. The average Bonchev–Trinajstić information content (AvgIpc) is 2.38. The van der Waals surface area contributed by atoms with Crippen LogP contribution in [-0.2, 0) is 6.54 Å². The van der Waals surface area contributed by atoms with Crippen molar-refractivity contribution in [2.24, 2.45) is 0 Å². The van der Waals surface area contributed by atoms with E-state index in [0.29, 0.717) is 16.1 Å². The third-order valence-corrected chi connectivity index (χ3v) is 3.08. The quantitative estimate of drug-likeness (QED) is 0.910. The Balaban J connectivity index is 2.07. The van der Waals surface area contributed by atoms with Crippen LogP contribution in [0, 0.1) is 12.7 Å². The summed E-state index contributed by atoms with van der Waals surface area (Å²) in [6.07, 6.45) is 0. The Morgan fingerprint density at radius 3 is 2.68 bits per heavy atom. The first kappa shape index (κ1) is 13.6. The zero-order valence-corrected chi connectivity index (χ0v) is 11.2. The van der Waals surface area contributed by atoms with Gasteiger partial charge in [0, 0.05) is 22.7 Å². The maximum absolute atomic E-state index is 13.5. The zero-order valence-electron chi connectivity index (χ0n) is 10.4. The van der Waals surface area contributed by atoms with Gasteiger partial charge >= 0.3 is 0 Å². The number of rotatable bonds is 3. The van der Waals surface area contributed by atoms with E-state index in [1.54, 1.807) is 24.3 Å². The van der Waals surface area contributed by atoms with E-state index >= 15 is 0 Å². The molecular weight excluding hydrogens is 265 g/mol. The first-order chi connectivity index (χ1) is 9.08. The Bertz CT molecular complexity index is 613. The van der Waals surface area contributed by atoms with E-state index in [0.717, 1.165) is 5.56 Å². The Kier molecular flexibility index (Phi) is 4.17. The molecule has 2 rings (SSSR count). The molecule has 2 nitrogen and oxygen atoms in total. The van der Waals surface area contributed by atoms with Crippen LogP contribution in [0.2, 0.25) is 5.02 Å². The molecule has 0 unspecified atom stereocenters. The first-order valence-corrected chi connectivity index (χ1v) is 6.23. The molecule has 0 fully saturated rings. The smallest absolute Gasteiger partial charge is 0.251 e. The lowest BCUT2D eigenvalue weighted by Crippen LogP contribution is -2.24. The maximum Gasteiger partial charge on any atom is 0.251 e. The monoisotopic (exact) mass is 277 g/mol. The molecule has 0 bridgehead atoms. The summed E-state index contributed by atoms with van der Waals surface area (Å²) in [7, 11) is 0. The molecule has 1 amide bonds. The van der Waals surface area contributed by atoms with Gasteiger partial charge in [0.05, 0.1) is 0 Å². The molecule has 1 N–H and O–H groups in total. The van der Waals surface area contributed by atoms with Crippen molar-refractivity contribution in [3.05, 3.63) is 70.0 Å². The topological polar surface area (TPSA) is 29.1 Å². The molecule has 0 aliphatic heterocycles. The van der Waals surface area contributed by atoms with Crippen LogP contribution in [0.3, 0.4) is 0 Å². The summed E-state index contributed by atoms with van der Waals surface area (Å²) in [6.45, 7) is 1.99. The molecule has 0 aliphatic carbocycles. The fourth-order valence-corrected chi connectivity index (χ4v) is 1.92. The Morgan fingerprint density at radius 2 is 2.00 bits per heavy atom. The first-order valence-electron chi connectivity index (χ1n) is 5.85. The molecule has 0 radical (unpaired) electrons. The summed E-state index contributed by atoms with van der Waals surface area (Å²) in [5.74, 6) is -0.634. The van der Waals surface area contributed by atoms with Crippen molar-refractivity contribution in [2.45, 2.75) is 13.5 Å². The third-order valence-electron chi connectivity index (χ3n) is 2.84. The lowest BCUT2D eigenvalue weighted by atomic mass is 10.1. The zero-order chi connectivity index (χ0) is 13.8. The molecule has 0 spiro atoms. The fourth-order valence-electron chi connectivity index (χ4n) is 1.76. The number of hydrogen-bond acceptors (Lipinski definition) is 1. The molecule has 98 valence electrons. The number of amides is 1. The molecule has 2 aromatic carbocycles. The number of aryl methyl sites for hydroxylation is 1. The molecule has 0 saturated carbocycles. The largest absolute Gasteiger partial charge is 0.348 e. The van der Waals surface area contributed by atoms with Crippen molar-refractivity contribution in [1.82, 2.24) is 5.32 Å². The maximum atomic E-state index is 13.5. The highest BCUT2D eigenvalue weighted by Gasteiger charge is 2.09. The van der Waals surface area contributed by atoms with Crippen LogP contribution in [0.25, 0.3) is 0 Å². The molecule has 0 aromatic heterocycles. The van der Waals surface area contributed by atoms with Crippen LogP contribution >= 0.6 is 11.6 Å². The van der Waals surface area contributed by atoms with Gasteiger partial charge in [-0.25, -0.2) is 4.39 Å². The van der Waals surface area contributed by atoms with E-state index in [1.807, 2.05) is 19.1 Å². The number of hydrogen-bond donors (Lipinski definition) is 1. The van der Waals surface area contributed by atoms with Gasteiger partial charge in [0.25, 0.3) is 5.91 Å². The van der Waals surface area contributed by atoms with Crippen molar-refractivity contribution < 1.29 is 9.18 Å². The van der Waals surface area contributed by atoms with Gasteiger partial charge in [0.1, 0.15) is 5.82 Å². The molecular formula is C15H13ClFNO. The van der Waals surface area contributed by atoms with Crippen molar-refractivity contribution in [3.8, 4) is 0 Å². The number of carbonyl (C=O) groups is 1. The van der Waals surface area contributed by atoms with Crippen molar-refractivity contribution in [3.63, 3.8) is 0 Å². The third kappa shape index (κ3) is 3.32. The van der Waals surface area contributed by atoms with Crippen LogP contribution in [0.1, 0.15) is 21.5 Å². The van der Waals surface area contributed by atoms with Crippen LogP contribution in [0.15, 0.2) is 42.5 Å². The number of carbonyl (C=O) groups excluding carboxylic acids is 1. The van der Waals surface area contributed by atoms with Crippen LogP contribution in [0.4, 0.5) is 4.39 Å². The lowest BCUT2D eigenvalue weighted by Gasteiger charge is -2.08. The second-order valence-electron chi connectivity index (χ2n) is 4.23. The number of halogens is 2. The number of benzene rings is 2. The summed E-state index contributed by atoms with van der Waals surface area (Å²) >= 11 is 5.67. The summed E-state index contributed by atoms with van der Waals surface area (Å²) in [4.78, 5) is 12.0. The second-order valence-corrected chi connectivity index (χ2v) is 4.67. The lowest BCUT2D eigenvalue weighted by molar-refractivity contribution is 0.0950. The highest BCUT2D eigenvalue weighted by molar-refractivity contribution is 6.30.